The number of aryl methyl sites for hydroxylation is 2. The number of phenolic OH excluding ortho intramolecular Hbond substituents is 2. The van der Waals surface area contributed by atoms with Gasteiger partial charge in [0.25, 0.3) is 0 Å². The zero-order valence-corrected chi connectivity index (χ0v) is 39.7. The van der Waals surface area contributed by atoms with Gasteiger partial charge in [-0.25, -0.2) is 9.97 Å². The van der Waals surface area contributed by atoms with Crippen molar-refractivity contribution in [2.24, 2.45) is 0 Å². The molecule has 3 aromatic heterocycles. The molecule has 0 atom stereocenters. The number of H-pyrrole nitrogens is 2. The molecule has 0 fully saturated rings. The van der Waals surface area contributed by atoms with Gasteiger partial charge in [-0.1, -0.05) is 167 Å². The quantitative estimate of drug-likeness (QED) is 0.0300. The van der Waals surface area contributed by atoms with Crippen molar-refractivity contribution >= 4 is 45.7 Å². The molecule has 0 radical (unpaired) electrons. The monoisotopic (exact) mass is 891 g/mol. The number of aliphatic hydroxyl groups is 2. The third kappa shape index (κ3) is 12.6. The van der Waals surface area contributed by atoms with Crippen LogP contribution in [0.15, 0.2) is 72.8 Å². The minimum absolute atomic E-state index is 0.0909. The lowest BCUT2D eigenvalue weighted by atomic mass is 10.0. The van der Waals surface area contributed by atoms with Crippen LogP contribution >= 0.6 is 0 Å². The number of hydrogen-bond acceptors (Lipinski definition) is 6. The van der Waals surface area contributed by atoms with Crippen molar-refractivity contribution in [1.29, 1.82) is 0 Å². The second-order valence-corrected chi connectivity index (χ2v) is 18.7. The van der Waals surface area contributed by atoms with E-state index in [-0.39, 0.29) is 28.7 Å². The average Bonchev–Trinajstić information content (AvgIpc) is 4.15. The van der Waals surface area contributed by atoms with Gasteiger partial charge in [0, 0.05) is 44.3 Å². The zero-order chi connectivity index (χ0) is 46.1. The standard InChI is InChI=1S/C58H74N4O4/c1-3-5-7-9-11-13-15-17-19-21-23-31-45-47-33-36-50(59-47)53(41-27-25-29-43(63)39-41)51-37-35-49(61-51)46(32-24-22-20-18-16-14-12-10-8-6-4-2)55-57(65)58(66)56(62-55)54(52-38-34-48(45)60-52)42-28-26-30-44(64)40-42/h25-30,33-40,60-61,63-66H,3-24,31-32H2,1-2H3. The summed E-state index contributed by atoms with van der Waals surface area (Å²) in [5.74, 6) is -0.306. The van der Waals surface area contributed by atoms with Crippen LogP contribution in [-0.2, 0) is 12.8 Å². The van der Waals surface area contributed by atoms with Gasteiger partial charge < -0.3 is 30.4 Å². The normalized spacial score (nSPS) is 12.5. The van der Waals surface area contributed by atoms with Crippen LogP contribution in [0.3, 0.4) is 0 Å². The van der Waals surface area contributed by atoms with Crippen molar-refractivity contribution in [3.63, 3.8) is 0 Å². The van der Waals surface area contributed by atoms with Crippen LogP contribution in [-0.4, -0.2) is 40.4 Å². The summed E-state index contributed by atoms with van der Waals surface area (Å²) in [6, 6.07) is 22.4. The molecule has 8 nitrogen and oxygen atoms in total. The molecule has 0 aliphatic carbocycles. The summed E-state index contributed by atoms with van der Waals surface area (Å²) in [5, 5.41) is 45.3. The maximum Gasteiger partial charge on any atom is 0.186 e. The number of phenols is 2. The summed E-state index contributed by atoms with van der Waals surface area (Å²) in [6.07, 6.45) is 32.9. The first-order valence-electron chi connectivity index (χ1n) is 25.5. The lowest BCUT2D eigenvalue weighted by Crippen LogP contribution is -1.95. The Hall–Kier alpha value is -5.76. The first kappa shape index (κ1) is 48.2. The van der Waals surface area contributed by atoms with E-state index in [0.29, 0.717) is 28.8 Å². The molecule has 5 heterocycles. The number of rotatable bonds is 26. The molecule has 5 aromatic rings. The van der Waals surface area contributed by atoms with Crippen LogP contribution in [0.5, 0.6) is 11.5 Å². The Morgan fingerprint density at radius 1 is 0.394 bits per heavy atom. The van der Waals surface area contributed by atoms with Gasteiger partial charge in [0.1, 0.15) is 22.9 Å². The number of aromatic amines is 2. The van der Waals surface area contributed by atoms with Crippen LogP contribution in [0.25, 0.3) is 68.0 Å². The fourth-order valence-corrected chi connectivity index (χ4v) is 9.83. The summed E-state index contributed by atoms with van der Waals surface area (Å²) in [6.45, 7) is 4.53. The Morgan fingerprint density at radius 2 is 0.803 bits per heavy atom. The van der Waals surface area contributed by atoms with Crippen molar-refractivity contribution in [2.75, 3.05) is 0 Å². The molecule has 66 heavy (non-hydrogen) atoms. The summed E-state index contributed by atoms with van der Waals surface area (Å²) >= 11 is 0. The highest BCUT2D eigenvalue weighted by molar-refractivity contribution is 5.97. The molecule has 2 aromatic carbocycles. The molecule has 2 aliphatic heterocycles. The maximum atomic E-state index is 11.9. The second-order valence-electron chi connectivity index (χ2n) is 18.7. The minimum atomic E-state index is -0.300. The average molecular weight is 891 g/mol. The summed E-state index contributed by atoms with van der Waals surface area (Å²) in [4.78, 5) is 17.9. The Balaban J connectivity index is 1.31. The van der Waals surface area contributed by atoms with Crippen LogP contribution in [0, 0.1) is 0 Å². The van der Waals surface area contributed by atoms with E-state index in [1.807, 2.05) is 36.4 Å². The van der Waals surface area contributed by atoms with Gasteiger partial charge in [-0.2, -0.15) is 0 Å². The number of aromatic hydroxyl groups is 2. The van der Waals surface area contributed by atoms with Gasteiger partial charge >= 0.3 is 0 Å². The summed E-state index contributed by atoms with van der Waals surface area (Å²) in [7, 11) is 0. The van der Waals surface area contributed by atoms with Crippen molar-refractivity contribution in [2.45, 2.75) is 168 Å². The van der Waals surface area contributed by atoms with E-state index in [4.69, 9.17) is 9.97 Å². The predicted octanol–water partition coefficient (Wildman–Crippen LogP) is 16.9. The molecule has 0 unspecified atom stereocenters. The highest BCUT2D eigenvalue weighted by atomic mass is 16.3. The van der Waals surface area contributed by atoms with E-state index in [2.05, 4.69) is 42.0 Å². The SMILES string of the molecule is CCCCCCCCCCCCCc1c2nc(c(-c3cccc(O)c3)c3ccc([nH]3)c(CCCCCCCCCCCCC)c3nc(c(-c4cccc(O)c4)c4ccc1[nH]4)C(O)=C3O)C=C2. The van der Waals surface area contributed by atoms with Crippen LogP contribution in [0.2, 0.25) is 0 Å². The fourth-order valence-electron chi connectivity index (χ4n) is 9.83. The zero-order valence-electron chi connectivity index (χ0n) is 39.7. The molecule has 2 aliphatic rings. The van der Waals surface area contributed by atoms with E-state index >= 15 is 0 Å². The number of nitrogens with zero attached hydrogens (tertiary/aromatic N) is 2. The third-order valence-electron chi connectivity index (χ3n) is 13.5. The van der Waals surface area contributed by atoms with Crippen molar-refractivity contribution in [1.82, 2.24) is 19.9 Å². The van der Waals surface area contributed by atoms with E-state index in [9.17, 15) is 20.4 Å². The molecule has 8 heteroatoms. The Morgan fingerprint density at radius 3 is 1.32 bits per heavy atom. The Kier molecular flexibility index (Phi) is 18.0. The van der Waals surface area contributed by atoms with Gasteiger partial charge in [0.05, 0.1) is 11.4 Å². The smallest absolute Gasteiger partial charge is 0.186 e. The molecule has 7 rings (SSSR count). The number of hydrogen-bond donors (Lipinski definition) is 6. The summed E-state index contributed by atoms with van der Waals surface area (Å²) in [5.41, 5.74) is 10.3. The molecule has 0 saturated carbocycles. The lowest BCUT2D eigenvalue weighted by molar-refractivity contribution is 0.463. The Bertz CT molecular complexity index is 2600. The predicted molar refractivity (Wildman–Crippen MR) is 277 cm³/mol. The van der Waals surface area contributed by atoms with Crippen molar-refractivity contribution in [3.8, 4) is 33.8 Å². The fraction of sp³-hybridized carbons (Fsp3) is 0.448. The number of benzene rings is 2. The van der Waals surface area contributed by atoms with Crippen molar-refractivity contribution in [3.05, 3.63) is 107 Å². The Labute approximate surface area is 393 Å². The largest absolute Gasteiger partial charge is 0.508 e. The molecule has 8 bridgehead atoms. The van der Waals surface area contributed by atoms with Crippen LogP contribution in [0.1, 0.15) is 189 Å². The molecule has 350 valence electrons. The van der Waals surface area contributed by atoms with Gasteiger partial charge in [-0.15, -0.1) is 0 Å². The maximum absolute atomic E-state index is 11.9. The van der Waals surface area contributed by atoms with Crippen molar-refractivity contribution < 1.29 is 20.4 Å². The van der Waals surface area contributed by atoms with Gasteiger partial charge in [0.2, 0.25) is 0 Å². The minimum Gasteiger partial charge on any atom is -0.508 e. The van der Waals surface area contributed by atoms with Gasteiger partial charge in [-0.3, -0.25) is 0 Å². The van der Waals surface area contributed by atoms with Gasteiger partial charge in [-0.05, 0) is 97.5 Å². The lowest BCUT2D eigenvalue weighted by Gasteiger charge is -2.07. The molecule has 0 spiro atoms. The molecule has 6 N–H and O–H groups in total. The molecule has 0 saturated heterocycles. The van der Waals surface area contributed by atoms with E-state index in [1.54, 1.807) is 30.3 Å². The molecular formula is C58H74N4O4. The molecular weight excluding hydrogens is 817 g/mol. The highest BCUT2D eigenvalue weighted by Gasteiger charge is 2.27. The molecule has 0 amide bonds. The van der Waals surface area contributed by atoms with E-state index < -0.39 is 0 Å². The number of nitrogens with one attached hydrogen (secondary N) is 2. The number of aliphatic hydroxyl groups excluding tert-OH is 2. The third-order valence-corrected chi connectivity index (χ3v) is 13.5. The van der Waals surface area contributed by atoms with Gasteiger partial charge in [0.15, 0.2) is 11.5 Å². The second kappa shape index (κ2) is 24.7. The van der Waals surface area contributed by atoms with E-state index in [0.717, 1.165) is 88.7 Å². The highest BCUT2D eigenvalue weighted by Crippen LogP contribution is 2.40. The first-order chi connectivity index (χ1) is 32.4. The van der Waals surface area contributed by atoms with E-state index in [1.165, 1.54) is 109 Å². The number of aromatic nitrogens is 4. The topological polar surface area (TPSA) is 138 Å². The van der Waals surface area contributed by atoms with Crippen LogP contribution in [0.4, 0.5) is 0 Å². The number of unbranched alkanes of at least 4 members (excludes halogenated alkanes) is 20. The summed E-state index contributed by atoms with van der Waals surface area (Å²) < 4.78 is 0. The number of fused-ring (bicyclic) bond motifs is 8. The van der Waals surface area contributed by atoms with Crippen LogP contribution < -0.4 is 0 Å². The first-order valence-corrected chi connectivity index (χ1v) is 25.5.